The molecule has 0 amide bonds. The van der Waals surface area contributed by atoms with E-state index in [-0.39, 0.29) is 6.04 Å². The van der Waals surface area contributed by atoms with Crippen LogP contribution in [0.2, 0.25) is 5.02 Å². The van der Waals surface area contributed by atoms with Gasteiger partial charge in [-0.25, -0.2) is 4.68 Å². The predicted octanol–water partition coefficient (Wildman–Crippen LogP) is 6.69. The van der Waals surface area contributed by atoms with Crippen molar-refractivity contribution in [2.75, 3.05) is 0 Å². The van der Waals surface area contributed by atoms with E-state index in [9.17, 15) is 0 Å². The predicted molar refractivity (Wildman–Crippen MR) is 133 cm³/mol. The topological polar surface area (TPSA) is 46.8 Å². The molecule has 0 spiro atoms. The van der Waals surface area contributed by atoms with Gasteiger partial charge in [-0.2, -0.15) is 0 Å². The highest BCUT2D eigenvalue weighted by molar-refractivity contribution is 7.10. The molecule has 1 unspecified atom stereocenters. The van der Waals surface area contributed by atoms with Gasteiger partial charge in [0.05, 0.1) is 6.04 Å². The molecule has 1 saturated carbocycles. The van der Waals surface area contributed by atoms with Crippen molar-refractivity contribution in [3.63, 3.8) is 0 Å². The Bertz CT molecular complexity index is 1140. The molecule has 0 saturated heterocycles. The van der Waals surface area contributed by atoms with Crippen LogP contribution in [0.25, 0.3) is 0 Å². The van der Waals surface area contributed by atoms with Gasteiger partial charge < -0.3 is 0 Å². The lowest BCUT2D eigenvalue weighted by atomic mass is 9.95. The van der Waals surface area contributed by atoms with E-state index in [1.54, 1.807) is 11.3 Å². The lowest BCUT2D eigenvalue weighted by Gasteiger charge is -2.32. The Morgan fingerprint density at radius 2 is 1.73 bits per heavy atom. The van der Waals surface area contributed by atoms with Crippen molar-refractivity contribution in [2.45, 2.75) is 57.3 Å². The first-order valence-electron chi connectivity index (χ1n) is 11.6. The van der Waals surface area contributed by atoms with Gasteiger partial charge in [-0.15, -0.1) is 16.4 Å². The van der Waals surface area contributed by atoms with Crippen LogP contribution in [0.4, 0.5) is 0 Å². The first kappa shape index (κ1) is 22.3. The molecule has 0 aliphatic heterocycles. The zero-order valence-electron chi connectivity index (χ0n) is 18.6. The molecular weight excluding hydrogens is 450 g/mol. The number of thiophene rings is 1. The third kappa shape index (κ3) is 5.18. The largest absolute Gasteiger partial charge is 0.280 e. The molecule has 1 atom stereocenters. The second-order valence-corrected chi connectivity index (χ2v) is 10.1. The third-order valence-corrected chi connectivity index (χ3v) is 7.71. The fourth-order valence-electron chi connectivity index (χ4n) is 4.79. The Balaban J connectivity index is 1.57. The molecule has 4 aromatic rings. The van der Waals surface area contributed by atoms with Gasteiger partial charge in [0, 0.05) is 23.0 Å². The monoisotopic (exact) mass is 477 g/mol. The normalized spacial score (nSPS) is 15.7. The Hall–Kier alpha value is -2.54. The smallest absolute Gasteiger partial charge is 0.174 e. The molecule has 0 radical (unpaired) electrons. The van der Waals surface area contributed by atoms with Crippen molar-refractivity contribution in [3.05, 3.63) is 99.0 Å². The molecule has 2 heterocycles. The van der Waals surface area contributed by atoms with Crippen molar-refractivity contribution in [1.82, 2.24) is 25.1 Å². The van der Waals surface area contributed by atoms with Gasteiger partial charge in [-0.3, -0.25) is 4.90 Å². The highest BCUT2D eigenvalue weighted by atomic mass is 35.5. The Labute approximate surface area is 204 Å². The molecule has 5 nitrogen and oxygen atoms in total. The van der Waals surface area contributed by atoms with Gasteiger partial charge in [0.15, 0.2) is 5.82 Å². The Kier molecular flexibility index (Phi) is 7.15. The zero-order valence-corrected chi connectivity index (χ0v) is 20.1. The summed E-state index contributed by atoms with van der Waals surface area (Å²) in [5.74, 6) is 0.923. The fourth-order valence-corrected chi connectivity index (χ4v) is 5.84. The van der Waals surface area contributed by atoms with Crippen molar-refractivity contribution >= 4 is 22.9 Å². The van der Waals surface area contributed by atoms with E-state index < -0.39 is 0 Å². The van der Waals surface area contributed by atoms with Gasteiger partial charge in [-0.1, -0.05) is 85.5 Å². The Morgan fingerprint density at radius 1 is 0.939 bits per heavy atom. The first-order valence-corrected chi connectivity index (χ1v) is 12.9. The SMILES string of the molecule is Clc1ccccc1CN(Cc1ccccc1)C(c1cccs1)c1nnnn1C1CCCCC1. The molecule has 2 aromatic carbocycles. The number of hydrogen-bond acceptors (Lipinski definition) is 5. The van der Waals surface area contributed by atoms with Crippen LogP contribution >= 0.6 is 22.9 Å². The summed E-state index contributed by atoms with van der Waals surface area (Å²) in [6.07, 6.45) is 6.05. The lowest BCUT2D eigenvalue weighted by Crippen LogP contribution is -2.32. The van der Waals surface area contributed by atoms with E-state index in [1.807, 2.05) is 18.2 Å². The molecule has 33 heavy (non-hydrogen) atoms. The summed E-state index contributed by atoms with van der Waals surface area (Å²) in [5.41, 5.74) is 2.36. The van der Waals surface area contributed by atoms with Crippen molar-refractivity contribution < 1.29 is 0 Å². The molecule has 0 bridgehead atoms. The summed E-state index contributed by atoms with van der Waals surface area (Å²) in [6, 6.07) is 23.3. The number of benzene rings is 2. The first-order chi connectivity index (χ1) is 16.3. The average molecular weight is 478 g/mol. The lowest BCUT2D eigenvalue weighted by molar-refractivity contribution is 0.190. The summed E-state index contributed by atoms with van der Waals surface area (Å²) < 4.78 is 2.11. The van der Waals surface area contributed by atoms with Gasteiger partial charge >= 0.3 is 0 Å². The van der Waals surface area contributed by atoms with Crippen LogP contribution in [0.5, 0.6) is 0 Å². The molecule has 1 aliphatic carbocycles. The van der Waals surface area contributed by atoms with Crippen LogP contribution < -0.4 is 0 Å². The maximum Gasteiger partial charge on any atom is 0.174 e. The quantitative estimate of drug-likeness (QED) is 0.284. The molecule has 2 aromatic heterocycles. The maximum absolute atomic E-state index is 6.61. The number of tetrazole rings is 1. The standard InChI is InChI=1S/C26H28ClN5S/c27-23-15-8-7-12-21(23)19-31(18-20-10-3-1-4-11-20)25(24-16-9-17-33-24)26-28-29-30-32(26)22-13-5-2-6-14-22/h1,3-4,7-12,15-17,22,25H,2,5-6,13-14,18-19H2. The van der Waals surface area contributed by atoms with Gasteiger partial charge in [0.2, 0.25) is 0 Å². The summed E-state index contributed by atoms with van der Waals surface area (Å²) >= 11 is 8.36. The molecule has 7 heteroatoms. The van der Waals surface area contributed by atoms with E-state index in [1.165, 1.54) is 29.7 Å². The summed E-state index contributed by atoms with van der Waals surface area (Å²) in [7, 11) is 0. The fraction of sp³-hybridized carbons (Fsp3) is 0.346. The van der Waals surface area contributed by atoms with Crippen LogP contribution in [-0.2, 0) is 13.1 Å². The van der Waals surface area contributed by atoms with E-state index >= 15 is 0 Å². The minimum absolute atomic E-state index is 0.0570. The van der Waals surface area contributed by atoms with E-state index in [0.29, 0.717) is 12.6 Å². The van der Waals surface area contributed by atoms with Gasteiger partial charge in [0.25, 0.3) is 0 Å². The maximum atomic E-state index is 6.61. The summed E-state index contributed by atoms with van der Waals surface area (Å²) in [5, 5.41) is 16.2. The number of nitrogens with zero attached hydrogens (tertiary/aromatic N) is 5. The van der Waals surface area contributed by atoms with Crippen LogP contribution in [0.1, 0.15) is 66.0 Å². The summed E-state index contributed by atoms with van der Waals surface area (Å²) in [6.45, 7) is 1.47. The minimum atomic E-state index is -0.0570. The molecule has 1 aliphatic rings. The van der Waals surface area contributed by atoms with Gasteiger partial charge in [0.1, 0.15) is 6.04 Å². The number of rotatable bonds is 8. The molecule has 5 rings (SSSR count). The van der Waals surface area contributed by atoms with E-state index in [0.717, 1.165) is 35.8 Å². The van der Waals surface area contributed by atoms with Crippen molar-refractivity contribution in [1.29, 1.82) is 0 Å². The zero-order chi connectivity index (χ0) is 22.5. The van der Waals surface area contributed by atoms with Crippen LogP contribution in [0.3, 0.4) is 0 Å². The molecule has 170 valence electrons. The highest BCUT2D eigenvalue weighted by Crippen LogP contribution is 2.37. The summed E-state index contributed by atoms with van der Waals surface area (Å²) in [4.78, 5) is 3.69. The molecule has 0 N–H and O–H groups in total. The average Bonchev–Trinajstić information content (AvgIpc) is 3.55. The second-order valence-electron chi connectivity index (χ2n) is 8.67. The van der Waals surface area contributed by atoms with Crippen LogP contribution in [-0.4, -0.2) is 25.1 Å². The minimum Gasteiger partial charge on any atom is -0.280 e. The van der Waals surface area contributed by atoms with Crippen molar-refractivity contribution in [2.24, 2.45) is 0 Å². The van der Waals surface area contributed by atoms with E-state index in [2.05, 4.69) is 79.0 Å². The Morgan fingerprint density at radius 3 is 2.48 bits per heavy atom. The second kappa shape index (κ2) is 10.6. The number of hydrogen-bond donors (Lipinski definition) is 0. The van der Waals surface area contributed by atoms with E-state index in [4.69, 9.17) is 11.6 Å². The van der Waals surface area contributed by atoms with Crippen molar-refractivity contribution in [3.8, 4) is 0 Å². The highest BCUT2D eigenvalue weighted by Gasteiger charge is 2.32. The molecular formula is C26H28ClN5S. The third-order valence-electron chi connectivity index (χ3n) is 6.42. The van der Waals surface area contributed by atoms with Crippen LogP contribution in [0.15, 0.2) is 72.1 Å². The van der Waals surface area contributed by atoms with Gasteiger partial charge in [-0.05, 0) is 51.9 Å². The number of halogens is 1. The number of aromatic nitrogens is 4. The molecule has 1 fully saturated rings. The van der Waals surface area contributed by atoms with Crippen LogP contribution in [0, 0.1) is 0 Å².